The fourth-order valence-corrected chi connectivity index (χ4v) is 2.25. The highest BCUT2D eigenvalue weighted by Crippen LogP contribution is 2.33. The average Bonchev–Trinajstić information content (AvgIpc) is 2.67. The third-order valence-electron chi connectivity index (χ3n) is 3.06. The monoisotopic (exact) mass is 232 g/mol. The molecule has 1 atom stereocenters. The van der Waals surface area contributed by atoms with Gasteiger partial charge < -0.3 is 9.15 Å². The molecule has 0 bridgehead atoms. The fourth-order valence-electron chi connectivity index (χ4n) is 2.25. The molecule has 1 heterocycles. The predicted molar refractivity (Wildman–Crippen MR) is 66.0 cm³/mol. The number of benzene rings is 1. The van der Waals surface area contributed by atoms with E-state index >= 15 is 0 Å². The van der Waals surface area contributed by atoms with E-state index < -0.39 is 0 Å². The quantitative estimate of drug-likeness (QED) is 0.761. The van der Waals surface area contributed by atoms with Crippen molar-refractivity contribution in [1.29, 1.82) is 0 Å². The summed E-state index contributed by atoms with van der Waals surface area (Å²) < 4.78 is 10.5. The van der Waals surface area contributed by atoms with E-state index in [1.54, 1.807) is 0 Å². The summed E-state index contributed by atoms with van der Waals surface area (Å²) in [5.74, 6) is 0.342. The normalized spacial score (nSPS) is 12.6. The molecule has 0 spiro atoms. The van der Waals surface area contributed by atoms with Crippen molar-refractivity contribution in [3.63, 3.8) is 0 Å². The van der Waals surface area contributed by atoms with Crippen molar-refractivity contribution in [3.8, 4) is 0 Å². The lowest BCUT2D eigenvalue weighted by atomic mass is 9.94. The van der Waals surface area contributed by atoms with Crippen LogP contribution in [-0.2, 0) is 9.53 Å². The Balaban J connectivity index is 2.60. The van der Waals surface area contributed by atoms with Crippen LogP contribution in [0.4, 0.5) is 0 Å². The zero-order chi connectivity index (χ0) is 12.4. The Morgan fingerprint density at radius 1 is 1.41 bits per heavy atom. The molecule has 3 heteroatoms. The molecule has 90 valence electrons. The van der Waals surface area contributed by atoms with Crippen molar-refractivity contribution in [3.05, 3.63) is 35.6 Å². The predicted octanol–water partition coefficient (Wildman–Crippen LogP) is 3.41. The van der Waals surface area contributed by atoms with Crippen LogP contribution in [0.15, 0.2) is 28.7 Å². The molecule has 3 nitrogen and oxygen atoms in total. The summed E-state index contributed by atoms with van der Waals surface area (Å²) in [5, 5.41) is 1.00. The van der Waals surface area contributed by atoms with Gasteiger partial charge in [-0.2, -0.15) is 0 Å². The van der Waals surface area contributed by atoms with Gasteiger partial charge in [-0.3, -0.25) is 4.79 Å². The Bertz CT molecular complexity index is 539. The highest BCUT2D eigenvalue weighted by atomic mass is 16.5. The number of furan rings is 1. The van der Waals surface area contributed by atoms with E-state index in [9.17, 15) is 4.79 Å². The third-order valence-corrected chi connectivity index (χ3v) is 3.06. The molecule has 2 aromatic rings. The molecule has 0 radical (unpaired) electrons. The van der Waals surface area contributed by atoms with Gasteiger partial charge in [0.1, 0.15) is 11.3 Å². The smallest absolute Gasteiger partial charge is 0.313 e. The Labute approximate surface area is 100 Å². The van der Waals surface area contributed by atoms with Gasteiger partial charge in [-0.25, -0.2) is 0 Å². The minimum atomic E-state index is -0.247. The van der Waals surface area contributed by atoms with E-state index in [2.05, 4.69) is 0 Å². The number of rotatable bonds is 3. The van der Waals surface area contributed by atoms with Gasteiger partial charge in [-0.05, 0) is 19.4 Å². The summed E-state index contributed by atoms with van der Waals surface area (Å²) in [6, 6.07) is 7.77. The van der Waals surface area contributed by atoms with Crippen molar-refractivity contribution in [2.24, 2.45) is 0 Å². The number of hydrogen-bond acceptors (Lipinski definition) is 3. The minimum Gasteiger partial charge on any atom is -0.469 e. The molecule has 1 aromatic carbocycles. The number of aryl methyl sites for hydroxylation is 1. The lowest BCUT2D eigenvalue weighted by Crippen LogP contribution is -2.13. The van der Waals surface area contributed by atoms with Crippen molar-refractivity contribution in [2.45, 2.75) is 26.2 Å². The fraction of sp³-hybridized carbons (Fsp3) is 0.357. The molecular formula is C14H16O3. The Morgan fingerprint density at radius 2 is 2.12 bits per heavy atom. The van der Waals surface area contributed by atoms with Crippen LogP contribution in [0.25, 0.3) is 11.0 Å². The van der Waals surface area contributed by atoms with Crippen LogP contribution in [0.5, 0.6) is 0 Å². The lowest BCUT2D eigenvalue weighted by molar-refractivity contribution is -0.142. The van der Waals surface area contributed by atoms with Crippen molar-refractivity contribution < 1.29 is 13.9 Å². The Kier molecular flexibility index (Phi) is 3.18. The molecular weight excluding hydrogens is 216 g/mol. The largest absolute Gasteiger partial charge is 0.469 e. The summed E-state index contributed by atoms with van der Waals surface area (Å²) in [5.41, 5.74) is 1.78. The first-order valence-corrected chi connectivity index (χ1v) is 5.74. The van der Waals surface area contributed by atoms with E-state index in [1.165, 1.54) is 7.11 Å². The highest BCUT2D eigenvalue weighted by molar-refractivity contribution is 5.89. The van der Waals surface area contributed by atoms with Crippen LogP contribution >= 0.6 is 0 Å². The van der Waals surface area contributed by atoms with Crippen LogP contribution in [0.1, 0.15) is 30.6 Å². The zero-order valence-corrected chi connectivity index (χ0v) is 10.3. The van der Waals surface area contributed by atoms with E-state index in [4.69, 9.17) is 9.15 Å². The molecule has 17 heavy (non-hydrogen) atoms. The SMILES string of the molecule is CCC(C(=O)OC)c1c(C)oc2ccccc12. The molecule has 2 rings (SSSR count). The summed E-state index contributed by atoms with van der Waals surface area (Å²) in [6.45, 7) is 3.86. The summed E-state index contributed by atoms with van der Waals surface area (Å²) in [6.07, 6.45) is 0.705. The molecule has 0 saturated carbocycles. The average molecular weight is 232 g/mol. The van der Waals surface area contributed by atoms with Gasteiger partial charge in [0.2, 0.25) is 0 Å². The number of hydrogen-bond donors (Lipinski definition) is 0. The highest BCUT2D eigenvalue weighted by Gasteiger charge is 2.25. The number of carbonyl (C=O) groups is 1. The second-order valence-electron chi connectivity index (χ2n) is 4.05. The van der Waals surface area contributed by atoms with Gasteiger partial charge in [0, 0.05) is 10.9 Å². The van der Waals surface area contributed by atoms with Crippen LogP contribution in [0, 0.1) is 6.92 Å². The molecule has 0 aliphatic rings. The molecule has 0 saturated heterocycles. The number of fused-ring (bicyclic) bond motifs is 1. The molecule has 0 fully saturated rings. The maximum atomic E-state index is 11.8. The Morgan fingerprint density at radius 3 is 2.76 bits per heavy atom. The third kappa shape index (κ3) is 1.93. The molecule has 1 unspecified atom stereocenters. The maximum Gasteiger partial charge on any atom is 0.313 e. The minimum absolute atomic E-state index is 0.206. The van der Waals surface area contributed by atoms with Gasteiger partial charge in [-0.1, -0.05) is 25.1 Å². The topological polar surface area (TPSA) is 39.4 Å². The number of esters is 1. The van der Waals surface area contributed by atoms with Gasteiger partial charge >= 0.3 is 5.97 Å². The van der Waals surface area contributed by atoms with E-state index in [0.717, 1.165) is 22.3 Å². The first-order valence-electron chi connectivity index (χ1n) is 5.74. The second kappa shape index (κ2) is 4.62. The Hall–Kier alpha value is -1.77. The second-order valence-corrected chi connectivity index (χ2v) is 4.05. The van der Waals surface area contributed by atoms with E-state index in [1.807, 2.05) is 38.1 Å². The zero-order valence-electron chi connectivity index (χ0n) is 10.3. The molecule has 0 aliphatic heterocycles. The van der Waals surface area contributed by atoms with Gasteiger partial charge in [0.05, 0.1) is 13.0 Å². The standard InChI is InChI=1S/C14H16O3/c1-4-10(14(15)16-3)13-9(2)17-12-8-6-5-7-11(12)13/h5-8,10H,4H2,1-3H3. The van der Waals surface area contributed by atoms with Crippen molar-refractivity contribution in [2.75, 3.05) is 7.11 Å². The number of ether oxygens (including phenoxy) is 1. The molecule has 0 amide bonds. The van der Waals surface area contributed by atoms with Crippen LogP contribution < -0.4 is 0 Å². The molecule has 0 aliphatic carbocycles. The van der Waals surface area contributed by atoms with E-state index in [-0.39, 0.29) is 11.9 Å². The number of methoxy groups -OCH3 is 1. The number of para-hydroxylation sites is 1. The summed E-state index contributed by atoms with van der Waals surface area (Å²) in [4.78, 5) is 11.8. The molecule has 1 aromatic heterocycles. The maximum absolute atomic E-state index is 11.8. The molecule has 0 N–H and O–H groups in total. The summed E-state index contributed by atoms with van der Waals surface area (Å²) >= 11 is 0. The first kappa shape index (κ1) is 11.7. The lowest BCUT2D eigenvalue weighted by Gasteiger charge is -2.11. The van der Waals surface area contributed by atoms with Crippen LogP contribution in [0.3, 0.4) is 0 Å². The van der Waals surface area contributed by atoms with Gasteiger partial charge in [-0.15, -0.1) is 0 Å². The van der Waals surface area contributed by atoms with Crippen LogP contribution in [-0.4, -0.2) is 13.1 Å². The van der Waals surface area contributed by atoms with Gasteiger partial charge in [0.15, 0.2) is 0 Å². The van der Waals surface area contributed by atoms with Crippen molar-refractivity contribution in [1.82, 2.24) is 0 Å². The summed E-state index contributed by atoms with van der Waals surface area (Å²) in [7, 11) is 1.42. The van der Waals surface area contributed by atoms with Gasteiger partial charge in [0.25, 0.3) is 0 Å². The van der Waals surface area contributed by atoms with E-state index in [0.29, 0.717) is 6.42 Å². The number of carbonyl (C=O) groups excluding carboxylic acids is 1. The first-order chi connectivity index (χ1) is 8.19. The van der Waals surface area contributed by atoms with Crippen molar-refractivity contribution >= 4 is 16.9 Å². The van der Waals surface area contributed by atoms with Crippen LogP contribution in [0.2, 0.25) is 0 Å².